The second-order valence-electron chi connectivity index (χ2n) is 6.36. The molecule has 2 heterocycles. The number of carbonyl (C=O) groups excluding carboxylic acids is 1. The van der Waals surface area contributed by atoms with Gasteiger partial charge in [0.2, 0.25) is 5.91 Å². The summed E-state index contributed by atoms with van der Waals surface area (Å²) in [7, 11) is 0. The number of hydrogen-bond donors (Lipinski definition) is 3. The third kappa shape index (κ3) is 6.88. The maximum absolute atomic E-state index is 11.0. The Labute approximate surface area is 144 Å². The monoisotopic (exact) mass is 337 g/mol. The number of primary amides is 1. The van der Waals surface area contributed by atoms with Gasteiger partial charge >= 0.3 is 0 Å². The normalized spacial score (nSPS) is 20.5. The minimum Gasteiger partial charge on any atom is -0.377 e. The van der Waals surface area contributed by atoms with E-state index >= 15 is 0 Å². The molecule has 4 N–H and O–H groups in total. The average molecular weight is 337 g/mol. The van der Waals surface area contributed by atoms with Gasteiger partial charge in [-0.2, -0.15) is 0 Å². The first-order valence-electron chi connectivity index (χ1n) is 8.98. The number of carbonyl (C=O) groups is 1. The van der Waals surface area contributed by atoms with Gasteiger partial charge in [0.15, 0.2) is 5.96 Å². The molecule has 1 saturated heterocycles. The van der Waals surface area contributed by atoms with Crippen LogP contribution in [-0.4, -0.2) is 68.7 Å². The summed E-state index contributed by atoms with van der Waals surface area (Å²) in [5, 5.41) is 6.84. The summed E-state index contributed by atoms with van der Waals surface area (Å²) in [5.74, 6) is 0.636. The zero-order chi connectivity index (χ0) is 17.2. The maximum Gasteiger partial charge on any atom is 0.231 e. The van der Waals surface area contributed by atoms with Gasteiger partial charge in [-0.25, -0.2) is 0 Å². The largest absolute Gasteiger partial charge is 0.377 e. The van der Waals surface area contributed by atoms with Gasteiger partial charge in [-0.1, -0.05) is 11.6 Å². The van der Waals surface area contributed by atoms with Crippen molar-refractivity contribution in [2.75, 3.05) is 45.9 Å². The van der Waals surface area contributed by atoms with Crippen molar-refractivity contribution in [3.63, 3.8) is 0 Å². The van der Waals surface area contributed by atoms with Crippen LogP contribution in [0.4, 0.5) is 0 Å². The molecule has 0 aromatic heterocycles. The molecular weight excluding hydrogens is 306 g/mol. The van der Waals surface area contributed by atoms with Crippen LogP contribution in [0.1, 0.15) is 32.6 Å². The van der Waals surface area contributed by atoms with Crippen molar-refractivity contribution in [2.45, 2.75) is 38.6 Å². The molecule has 0 unspecified atom stereocenters. The van der Waals surface area contributed by atoms with E-state index in [-0.39, 0.29) is 5.91 Å². The zero-order valence-corrected chi connectivity index (χ0v) is 14.7. The van der Waals surface area contributed by atoms with Gasteiger partial charge in [-0.05, 0) is 32.6 Å². The lowest BCUT2D eigenvalue weighted by atomic mass is 10.1. The summed E-state index contributed by atoms with van der Waals surface area (Å²) in [5.41, 5.74) is 6.70. The molecule has 7 nitrogen and oxygen atoms in total. The number of piperidine rings is 1. The molecule has 24 heavy (non-hydrogen) atoms. The quantitative estimate of drug-likeness (QED) is 0.351. The Kier molecular flexibility index (Phi) is 8.04. The lowest BCUT2D eigenvalue weighted by Crippen LogP contribution is -2.49. The number of hydrogen-bond acceptors (Lipinski definition) is 4. The van der Waals surface area contributed by atoms with Crippen LogP contribution in [0.5, 0.6) is 0 Å². The number of ether oxygens (including phenoxy) is 1. The van der Waals surface area contributed by atoms with Crippen LogP contribution >= 0.6 is 0 Å². The molecule has 0 aliphatic carbocycles. The molecule has 2 rings (SSSR count). The summed E-state index contributed by atoms with van der Waals surface area (Å²) in [6.07, 6.45) is 6.20. The summed E-state index contributed by atoms with van der Waals surface area (Å²) in [6.45, 7) is 7.44. The standard InChI is InChI=1S/C17H31N5O2/c1-2-19-17(20-8-3-14-6-11-24-12-7-14)21-15-4-9-22(10-5-15)13-16(18)23/h6,15H,2-5,7-13H2,1H3,(H2,18,23)(H2,19,20,21). The van der Waals surface area contributed by atoms with Crippen LogP contribution in [0.3, 0.4) is 0 Å². The predicted octanol–water partition coefficient (Wildman–Crippen LogP) is 0.228. The van der Waals surface area contributed by atoms with Gasteiger partial charge in [0, 0.05) is 32.2 Å². The SMILES string of the molecule is CCNC(=NCCC1=CCOCC1)NC1CCN(CC(N)=O)CC1. The summed E-state index contributed by atoms with van der Waals surface area (Å²) >= 11 is 0. The van der Waals surface area contributed by atoms with Crippen molar-refractivity contribution in [1.82, 2.24) is 15.5 Å². The Bertz CT molecular complexity index is 456. The molecule has 1 amide bonds. The minimum atomic E-state index is -0.251. The predicted molar refractivity (Wildman–Crippen MR) is 95.9 cm³/mol. The Morgan fingerprint density at radius 2 is 2.25 bits per heavy atom. The first-order valence-corrected chi connectivity index (χ1v) is 8.98. The highest BCUT2D eigenvalue weighted by molar-refractivity contribution is 5.80. The smallest absolute Gasteiger partial charge is 0.231 e. The van der Waals surface area contributed by atoms with Crippen LogP contribution in [0.15, 0.2) is 16.6 Å². The van der Waals surface area contributed by atoms with E-state index in [2.05, 4.69) is 28.5 Å². The fourth-order valence-corrected chi connectivity index (χ4v) is 3.07. The van der Waals surface area contributed by atoms with Crippen molar-refractivity contribution in [3.05, 3.63) is 11.6 Å². The lowest BCUT2D eigenvalue weighted by Gasteiger charge is -2.32. The second kappa shape index (κ2) is 10.3. The molecule has 2 aliphatic rings. The molecule has 0 aromatic rings. The third-order valence-electron chi connectivity index (χ3n) is 4.41. The average Bonchev–Trinajstić information content (AvgIpc) is 2.57. The van der Waals surface area contributed by atoms with E-state index in [1.165, 1.54) is 5.57 Å². The van der Waals surface area contributed by atoms with E-state index in [0.29, 0.717) is 12.6 Å². The third-order valence-corrected chi connectivity index (χ3v) is 4.41. The Hall–Kier alpha value is -1.60. The van der Waals surface area contributed by atoms with Crippen molar-refractivity contribution in [1.29, 1.82) is 0 Å². The molecule has 0 saturated carbocycles. The van der Waals surface area contributed by atoms with Crippen molar-refractivity contribution in [3.8, 4) is 0 Å². The number of nitrogens with two attached hydrogens (primary N) is 1. The molecule has 0 radical (unpaired) electrons. The van der Waals surface area contributed by atoms with Gasteiger partial charge < -0.3 is 21.1 Å². The number of amides is 1. The highest BCUT2D eigenvalue weighted by atomic mass is 16.5. The minimum absolute atomic E-state index is 0.251. The molecule has 7 heteroatoms. The van der Waals surface area contributed by atoms with Gasteiger partial charge in [-0.15, -0.1) is 0 Å². The fraction of sp³-hybridized carbons (Fsp3) is 0.765. The van der Waals surface area contributed by atoms with E-state index in [1.807, 2.05) is 0 Å². The van der Waals surface area contributed by atoms with Crippen LogP contribution < -0.4 is 16.4 Å². The molecule has 0 bridgehead atoms. The molecule has 2 aliphatic heterocycles. The lowest BCUT2D eigenvalue weighted by molar-refractivity contribution is -0.119. The summed E-state index contributed by atoms with van der Waals surface area (Å²) < 4.78 is 5.33. The number of aliphatic imine (C=N–C) groups is 1. The molecule has 1 fully saturated rings. The molecule has 0 spiro atoms. The van der Waals surface area contributed by atoms with Crippen LogP contribution in [0, 0.1) is 0 Å². The van der Waals surface area contributed by atoms with E-state index in [9.17, 15) is 4.79 Å². The number of likely N-dealkylation sites (tertiary alicyclic amines) is 1. The highest BCUT2D eigenvalue weighted by Gasteiger charge is 2.20. The number of guanidine groups is 1. The highest BCUT2D eigenvalue weighted by Crippen LogP contribution is 2.12. The number of nitrogens with zero attached hydrogens (tertiary/aromatic N) is 2. The summed E-state index contributed by atoms with van der Waals surface area (Å²) in [6, 6.07) is 0.397. The summed E-state index contributed by atoms with van der Waals surface area (Å²) in [4.78, 5) is 17.8. The van der Waals surface area contributed by atoms with Crippen molar-refractivity contribution >= 4 is 11.9 Å². The van der Waals surface area contributed by atoms with Gasteiger partial charge in [-0.3, -0.25) is 14.7 Å². The second-order valence-corrected chi connectivity index (χ2v) is 6.36. The van der Waals surface area contributed by atoms with E-state index in [0.717, 1.165) is 71.0 Å². The Morgan fingerprint density at radius 1 is 1.46 bits per heavy atom. The molecule has 136 valence electrons. The molecule has 0 atom stereocenters. The maximum atomic E-state index is 11.0. The van der Waals surface area contributed by atoms with Crippen molar-refractivity contribution in [2.24, 2.45) is 10.7 Å². The van der Waals surface area contributed by atoms with Crippen molar-refractivity contribution < 1.29 is 9.53 Å². The first kappa shape index (κ1) is 18.7. The van der Waals surface area contributed by atoms with E-state index in [4.69, 9.17) is 15.5 Å². The van der Waals surface area contributed by atoms with E-state index in [1.54, 1.807) is 0 Å². The Balaban J connectivity index is 1.75. The van der Waals surface area contributed by atoms with Gasteiger partial charge in [0.25, 0.3) is 0 Å². The topological polar surface area (TPSA) is 92.0 Å². The van der Waals surface area contributed by atoms with Crippen LogP contribution in [-0.2, 0) is 9.53 Å². The number of nitrogens with one attached hydrogen (secondary N) is 2. The van der Waals surface area contributed by atoms with Gasteiger partial charge in [0.05, 0.1) is 19.8 Å². The zero-order valence-electron chi connectivity index (χ0n) is 14.7. The van der Waals surface area contributed by atoms with Crippen LogP contribution in [0.25, 0.3) is 0 Å². The Morgan fingerprint density at radius 3 is 2.88 bits per heavy atom. The molecule has 0 aromatic carbocycles. The van der Waals surface area contributed by atoms with Gasteiger partial charge in [0.1, 0.15) is 0 Å². The number of rotatable bonds is 7. The van der Waals surface area contributed by atoms with E-state index < -0.39 is 0 Å². The first-order chi connectivity index (χ1) is 11.7. The molecular formula is C17H31N5O2. The fourth-order valence-electron chi connectivity index (χ4n) is 3.07. The van der Waals surface area contributed by atoms with Crippen LogP contribution in [0.2, 0.25) is 0 Å².